The quantitative estimate of drug-likeness (QED) is 0.799. The largest absolute Gasteiger partial charge is 0.477 e. The van der Waals surface area contributed by atoms with Gasteiger partial charge in [0.25, 0.3) is 0 Å². The number of carbonyl (C=O) groups excluding carboxylic acids is 1. The molecule has 2 aromatic rings. The molecular weight excluding hydrogens is 222 g/mol. The zero-order chi connectivity index (χ0) is 12.4. The molecule has 0 unspecified atom stereocenters. The molecule has 0 saturated carbocycles. The molecule has 0 fully saturated rings. The van der Waals surface area contributed by atoms with E-state index in [0.717, 1.165) is 5.69 Å². The summed E-state index contributed by atoms with van der Waals surface area (Å²) in [5.74, 6) is -1.08. The number of aromatic nitrogens is 3. The van der Waals surface area contributed by atoms with Crippen LogP contribution in [0.3, 0.4) is 0 Å². The van der Waals surface area contributed by atoms with Crippen molar-refractivity contribution < 1.29 is 14.7 Å². The molecular formula is C11H9N3O3. The molecule has 0 radical (unpaired) electrons. The number of hydrogen-bond donors (Lipinski definition) is 1. The second-order valence-electron chi connectivity index (χ2n) is 3.45. The van der Waals surface area contributed by atoms with Gasteiger partial charge in [0.15, 0.2) is 6.29 Å². The minimum atomic E-state index is -1.08. The fourth-order valence-electron chi connectivity index (χ4n) is 1.46. The van der Waals surface area contributed by atoms with Crippen LogP contribution in [-0.2, 0) is 0 Å². The molecule has 0 atom stereocenters. The van der Waals surface area contributed by atoms with Gasteiger partial charge in [-0.3, -0.25) is 4.79 Å². The average Bonchev–Trinajstić information content (AvgIpc) is 2.71. The van der Waals surface area contributed by atoms with Gasteiger partial charge in [0.05, 0.1) is 11.9 Å². The van der Waals surface area contributed by atoms with Gasteiger partial charge in [0.2, 0.25) is 0 Å². The number of aromatic carboxylic acids is 1. The third kappa shape index (κ3) is 2.05. The molecule has 2 rings (SSSR count). The number of pyridine rings is 1. The number of rotatable bonds is 3. The van der Waals surface area contributed by atoms with Crippen LogP contribution >= 0.6 is 0 Å². The van der Waals surface area contributed by atoms with Crippen molar-refractivity contribution in [3.05, 3.63) is 41.5 Å². The van der Waals surface area contributed by atoms with E-state index in [1.165, 1.54) is 16.9 Å². The molecule has 0 aliphatic rings. The Bertz CT molecular complexity index is 572. The highest BCUT2D eigenvalue weighted by atomic mass is 16.4. The fraction of sp³-hybridized carbons (Fsp3) is 0.0909. The summed E-state index contributed by atoms with van der Waals surface area (Å²) in [7, 11) is 0. The van der Waals surface area contributed by atoms with Gasteiger partial charge < -0.3 is 5.11 Å². The van der Waals surface area contributed by atoms with E-state index in [0.29, 0.717) is 17.7 Å². The third-order valence-corrected chi connectivity index (χ3v) is 2.24. The molecule has 17 heavy (non-hydrogen) atoms. The normalized spacial score (nSPS) is 10.2. The molecule has 0 spiro atoms. The Morgan fingerprint density at radius 1 is 1.47 bits per heavy atom. The van der Waals surface area contributed by atoms with E-state index in [1.807, 2.05) is 0 Å². The third-order valence-electron chi connectivity index (χ3n) is 2.24. The second-order valence-corrected chi connectivity index (χ2v) is 3.45. The van der Waals surface area contributed by atoms with Gasteiger partial charge in [0, 0.05) is 5.69 Å². The second kappa shape index (κ2) is 4.17. The number of carboxylic acid groups (broad SMARTS) is 1. The summed E-state index contributed by atoms with van der Waals surface area (Å²) in [6, 6.07) is 4.61. The Morgan fingerprint density at radius 2 is 2.24 bits per heavy atom. The van der Waals surface area contributed by atoms with Crippen molar-refractivity contribution in [3.8, 4) is 5.69 Å². The van der Waals surface area contributed by atoms with Crippen molar-refractivity contribution in [1.29, 1.82) is 0 Å². The molecule has 0 aromatic carbocycles. The standard InChI is InChI=1S/C11H9N3O3/c1-7-4-8(6-15)13-14(7)9-2-3-10(11(16)17)12-5-9/h2-6H,1H3,(H,16,17). The summed E-state index contributed by atoms with van der Waals surface area (Å²) >= 11 is 0. The first-order valence-corrected chi connectivity index (χ1v) is 4.83. The highest BCUT2D eigenvalue weighted by Crippen LogP contribution is 2.10. The lowest BCUT2D eigenvalue weighted by Gasteiger charge is -2.03. The van der Waals surface area contributed by atoms with Gasteiger partial charge in [0.1, 0.15) is 11.4 Å². The lowest BCUT2D eigenvalue weighted by molar-refractivity contribution is 0.0690. The van der Waals surface area contributed by atoms with Crippen LogP contribution in [0.5, 0.6) is 0 Å². The van der Waals surface area contributed by atoms with Gasteiger partial charge in [-0.25, -0.2) is 14.5 Å². The Hall–Kier alpha value is -2.50. The Kier molecular flexibility index (Phi) is 2.70. The van der Waals surface area contributed by atoms with Gasteiger partial charge in [-0.15, -0.1) is 0 Å². The predicted molar refractivity (Wildman–Crippen MR) is 58.4 cm³/mol. The fourth-order valence-corrected chi connectivity index (χ4v) is 1.46. The Balaban J connectivity index is 2.42. The number of nitrogens with zero attached hydrogens (tertiary/aromatic N) is 3. The number of carboxylic acids is 1. The lowest BCUT2D eigenvalue weighted by atomic mass is 10.3. The summed E-state index contributed by atoms with van der Waals surface area (Å²) in [5, 5.41) is 12.7. The number of hydrogen-bond acceptors (Lipinski definition) is 4. The molecule has 86 valence electrons. The molecule has 2 aromatic heterocycles. The molecule has 0 aliphatic heterocycles. The molecule has 0 aliphatic carbocycles. The maximum absolute atomic E-state index is 10.6. The maximum atomic E-state index is 10.6. The van der Waals surface area contributed by atoms with E-state index in [4.69, 9.17) is 5.11 Å². The van der Waals surface area contributed by atoms with E-state index in [9.17, 15) is 9.59 Å². The van der Waals surface area contributed by atoms with Crippen LogP contribution in [0.25, 0.3) is 5.69 Å². The van der Waals surface area contributed by atoms with Gasteiger partial charge in [-0.05, 0) is 25.1 Å². The van der Waals surface area contributed by atoms with Crippen LogP contribution in [0.15, 0.2) is 24.4 Å². The van der Waals surface area contributed by atoms with Crippen molar-refractivity contribution in [3.63, 3.8) is 0 Å². The smallest absolute Gasteiger partial charge is 0.354 e. The first-order chi connectivity index (χ1) is 8.11. The molecule has 6 heteroatoms. The zero-order valence-electron chi connectivity index (χ0n) is 8.99. The summed E-state index contributed by atoms with van der Waals surface area (Å²) in [4.78, 5) is 25.0. The monoisotopic (exact) mass is 231 g/mol. The van der Waals surface area contributed by atoms with Crippen LogP contribution < -0.4 is 0 Å². The van der Waals surface area contributed by atoms with Crippen LogP contribution in [0, 0.1) is 6.92 Å². The topological polar surface area (TPSA) is 85.1 Å². The van der Waals surface area contributed by atoms with E-state index < -0.39 is 5.97 Å². The average molecular weight is 231 g/mol. The van der Waals surface area contributed by atoms with Crippen molar-refractivity contribution in [2.24, 2.45) is 0 Å². The molecule has 2 heterocycles. The molecule has 0 bridgehead atoms. The van der Waals surface area contributed by atoms with Crippen molar-refractivity contribution in [2.45, 2.75) is 6.92 Å². The predicted octanol–water partition coefficient (Wildman–Crippen LogP) is 1.09. The van der Waals surface area contributed by atoms with E-state index in [2.05, 4.69) is 10.1 Å². The molecule has 1 N–H and O–H groups in total. The highest BCUT2D eigenvalue weighted by molar-refractivity contribution is 5.85. The van der Waals surface area contributed by atoms with Gasteiger partial charge in [-0.1, -0.05) is 0 Å². The summed E-state index contributed by atoms with van der Waals surface area (Å²) < 4.78 is 1.53. The number of aryl methyl sites for hydroxylation is 1. The first-order valence-electron chi connectivity index (χ1n) is 4.83. The maximum Gasteiger partial charge on any atom is 0.354 e. The van der Waals surface area contributed by atoms with Crippen molar-refractivity contribution in [2.75, 3.05) is 0 Å². The van der Waals surface area contributed by atoms with Crippen molar-refractivity contribution >= 4 is 12.3 Å². The Morgan fingerprint density at radius 3 is 2.71 bits per heavy atom. The number of carbonyl (C=O) groups is 2. The SMILES string of the molecule is Cc1cc(C=O)nn1-c1ccc(C(=O)O)nc1. The van der Waals surface area contributed by atoms with Crippen LogP contribution in [0.1, 0.15) is 26.7 Å². The zero-order valence-corrected chi connectivity index (χ0v) is 8.99. The van der Waals surface area contributed by atoms with Crippen LogP contribution in [-0.4, -0.2) is 32.1 Å². The molecule has 0 amide bonds. The minimum absolute atomic E-state index is 0.0332. The van der Waals surface area contributed by atoms with Crippen molar-refractivity contribution in [1.82, 2.24) is 14.8 Å². The minimum Gasteiger partial charge on any atom is -0.477 e. The highest BCUT2D eigenvalue weighted by Gasteiger charge is 2.08. The van der Waals surface area contributed by atoms with E-state index >= 15 is 0 Å². The van der Waals surface area contributed by atoms with Crippen LogP contribution in [0.2, 0.25) is 0 Å². The van der Waals surface area contributed by atoms with Gasteiger partial charge in [-0.2, -0.15) is 5.10 Å². The first kappa shape index (κ1) is 11.0. The summed E-state index contributed by atoms with van der Waals surface area (Å²) in [6.45, 7) is 1.80. The molecule has 0 saturated heterocycles. The van der Waals surface area contributed by atoms with E-state index in [-0.39, 0.29) is 5.69 Å². The molecule has 6 nitrogen and oxygen atoms in total. The van der Waals surface area contributed by atoms with Crippen LogP contribution in [0.4, 0.5) is 0 Å². The van der Waals surface area contributed by atoms with Gasteiger partial charge >= 0.3 is 5.97 Å². The lowest BCUT2D eigenvalue weighted by Crippen LogP contribution is -2.04. The number of aldehydes is 1. The Labute approximate surface area is 96.5 Å². The summed E-state index contributed by atoms with van der Waals surface area (Å²) in [5.41, 5.74) is 1.68. The summed E-state index contributed by atoms with van der Waals surface area (Å²) in [6.07, 6.45) is 2.06. The van der Waals surface area contributed by atoms with E-state index in [1.54, 1.807) is 19.1 Å².